The van der Waals surface area contributed by atoms with Gasteiger partial charge in [-0.25, -0.2) is 4.79 Å². The first-order valence-electron chi connectivity index (χ1n) is 9.94. The molecule has 2 heterocycles. The van der Waals surface area contributed by atoms with Crippen LogP contribution in [0.3, 0.4) is 0 Å². The number of hydrogen-bond donors (Lipinski definition) is 2. The van der Waals surface area contributed by atoms with E-state index in [0.29, 0.717) is 43.3 Å². The molecule has 1 saturated heterocycles. The van der Waals surface area contributed by atoms with E-state index in [9.17, 15) is 19.8 Å². The second kappa shape index (κ2) is 8.70. The van der Waals surface area contributed by atoms with Gasteiger partial charge in [0.25, 0.3) is 5.56 Å². The van der Waals surface area contributed by atoms with Crippen LogP contribution in [-0.2, 0) is 13.1 Å². The van der Waals surface area contributed by atoms with E-state index in [1.54, 1.807) is 24.4 Å². The van der Waals surface area contributed by atoms with E-state index in [1.807, 2.05) is 32.9 Å². The summed E-state index contributed by atoms with van der Waals surface area (Å²) in [6.45, 7) is 8.28. The van der Waals surface area contributed by atoms with Crippen molar-refractivity contribution in [1.29, 1.82) is 0 Å². The summed E-state index contributed by atoms with van der Waals surface area (Å²) in [4.78, 5) is 27.8. The maximum Gasteiger partial charge on any atom is 0.407 e. The molecule has 1 atom stereocenters. The fraction of sp³-hybridized carbons (Fsp3) is 0.455. The summed E-state index contributed by atoms with van der Waals surface area (Å²) >= 11 is 5.90. The van der Waals surface area contributed by atoms with Gasteiger partial charge in [-0.05, 0) is 29.2 Å². The van der Waals surface area contributed by atoms with Crippen molar-refractivity contribution in [2.45, 2.75) is 39.9 Å². The summed E-state index contributed by atoms with van der Waals surface area (Å²) in [6.07, 6.45) is 0.767. The Hall–Kier alpha value is -2.51. The van der Waals surface area contributed by atoms with Gasteiger partial charge in [0.2, 0.25) is 0 Å². The van der Waals surface area contributed by atoms with E-state index >= 15 is 0 Å². The van der Waals surface area contributed by atoms with Crippen molar-refractivity contribution in [3.8, 4) is 5.75 Å². The van der Waals surface area contributed by atoms with E-state index in [1.165, 1.54) is 9.47 Å². The number of carboxylic acid groups (broad SMARTS) is 1. The first kappa shape index (κ1) is 22.2. The molecule has 0 saturated carbocycles. The summed E-state index contributed by atoms with van der Waals surface area (Å²) in [7, 11) is 0. The second-order valence-electron chi connectivity index (χ2n) is 8.84. The monoisotopic (exact) mass is 433 g/mol. The Morgan fingerprint density at radius 2 is 1.80 bits per heavy atom. The van der Waals surface area contributed by atoms with Crippen molar-refractivity contribution in [3.05, 3.63) is 63.0 Å². The number of carbonyl (C=O) groups is 1. The third kappa shape index (κ3) is 4.96. The molecule has 1 aliphatic heterocycles. The molecule has 2 N–H and O–H groups in total. The Kier molecular flexibility index (Phi) is 6.43. The average Bonchev–Trinajstić information content (AvgIpc) is 2.68. The van der Waals surface area contributed by atoms with E-state index < -0.39 is 11.7 Å². The summed E-state index contributed by atoms with van der Waals surface area (Å²) in [5.74, 6) is -0.264. The first-order chi connectivity index (χ1) is 14.1. The number of pyridine rings is 1. The zero-order valence-electron chi connectivity index (χ0n) is 17.5. The van der Waals surface area contributed by atoms with Gasteiger partial charge in [-0.3, -0.25) is 9.69 Å². The average molecular weight is 434 g/mol. The number of nitrogens with zero attached hydrogens (tertiary/aromatic N) is 3. The number of rotatable bonds is 4. The van der Waals surface area contributed by atoms with Crippen LogP contribution in [0.25, 0.3) is 0 Å². The molecule has 1 amide bonds. The van der Waals surface area contributed by atoms with Crippen LogP contribution in [-0.4, -0.2) is 56.3 Å². The number of aromatic nitrogens is 1. The fourth-order valence-corrected chi connectivity index (χ4v) is 3.96. The number of piperazine rings is 1. The highest BCUT2D eigenvalue weighted by Crippen LogP contribution is 2.29. The topological polar surface area (TPSA) is 86.0 Å². The van der Waals surface area contributed by atoms with Crippen LogP contribution < -0.4 is 5.56 Å². The van der Waals surface area contributed by atoms with E-state index in [0.717, 1.165) is 5.56 Å². The van der Waals surface area contributed by atoms with Gasteiger partial charge in [-0.1, -0.05) is 44.5 Å². The van der Waals surface area contributed by atoms with Crippen molar-refractivity contribution in [1.82, 2.24) is 14.4 Å². The third-order valence-corrected chi connectivity index (χ3v) is 5.85. The number of hydrogen-bond acceptors (Lipinski definition) is 4. The summed E-state index contributed by atoms with van der Waals surface area (Å²) in [5.41, 5.74) is 0.787. The molecule has 0 bridgehead atoms. The molecule has 1 unspecified atom stereocenters. The Balaban J connectivity index is 1.75. The van der Waals surface area contributed by atoms with Gasteiger partial charge in [0.05, 0.1) is 12.6 Å². The predicted molar refractivity (Wildman–Crippen MR) is 116 cm³/mol. The van der Waals surface area contributed by atoms with Crippen LogP contribution in [0.5, 0.6) is 5.75 Å². The maximum atomic E-state index is 12.6. The maximum absolute atomic E-state index is 12.6. The molecule has 0 spiro atoms. The largest absolute Gasteiger partial charge is 0.503 e. The van der Waals surface area contributed by atoms with Crippen LogP contribution in [0.15, 0.2) is 41.3 Å². The Morgan fingerprint density at radius 3 is 2.40 bits per heavy atom. The lowest BCUT2D eigenvalue weighted by molar-refractivity contribution is 0.0187. The SMILES string of the molecule is CC(C)(C)C1CN(Cc2ccn(Cc3ccc(Cl)cc3)c(=O)c2O)CCN1C(=O)O. The van der Waals surface area contributed by atoms with Crippen molar-refractivity contribution >= 4 is 17.7 Å². The standard InChI is InChI=1S/C22H28ClN3O4/c1-22(2,3)18-14-24(10-11-26(18)21(29)30)13-16-8-9-25(20(28)19(16)27)12-15-4-6-17(23)7-5-15/h4-9,18,27H,10-14H2,1-3H3,(H,29,30). The lowest BCUT2D eigenvalue weighted by atomic mass is 9.84. The molecule has 1 fully saturated rings. The molecule has 0 radical (unpaired) electrons. The van der Waals surface area contributed by atoms with Gasteiger partial charge < -0.3 is 19.7 Å². The lowest BCUT2D eigenvalue weighted by Crippen LogP contribution is -2.59. The molecule has 3 rings (SSSR count). The Labute approximate surface area is 181 Å². The highest BCUT2D eigenvalue weighted by molar-refractivity contribution is 6.30. The summed E-state index contributed by atoms with van der Waals surface area (Å²) in [6, 6.07) is 8.79. The van der Waals surface area contributed by atoms with E-state index in [-0.39, 0.29) is 17.2 Å². The van der Waals surface area contributed by atoms with Gasteiger partial charge in [0.15, 0.2) is 5.75 Å². The smallest absolute Gasteiger partial charge is 0.407 e. The first-order valence-corrected chi connectivity index (χ1v) is 10.3. The van der Waals surface area contributed by atoms with Gasteiger partial charge in [0, 0.05) is 43.0 Å². The van der Waals surface area contributed by atoms with Crippen molar-refractivity contribution in [3.63, 3.8) is 0 Å². The van der Waals surface area contributed by atoms with Gasteiger partial charge in [-0.2, -0.15) is 0 Å². The molecule has 7 nitrogen and oxygen atoms in total. The summed E-state index contributed by atoms with van der Waals surface area (Å²) < 4.78 is 1.46. The molecular formula is C22H28ClN3O4. The molecule has 1 aliphatic rings. The number of benzene rings is 1. The van der Waals surface area contributed by atoms with Crippen LogP contribution >= 0.6 is 11.6 Å². The molecule has 8 heteroatoms. The van der Waals surface area contributed by atoms with Crippen LogP contribution in [0.4, 0.5) is 4.79 Å². The number of aromatic hydroxyl groups is 1. The Morgan fingerprint density at radius 1 is 1.13 bits per heavy atom. The van der Waals surface area contributed by atoms with Crippen LogP contribution in [0.1, 0.15) is 31.9 Å². The third-order valence-electron chi connectivity index (χ3n) is 5.59. The molecule has 1 aromatic heterocycles. The molecule has 30 heavy (non-hydrogen) atoms. The fourth-order valence-electron chi connectivity index (χ4n) is 3.83. The van der Waals surface area contributed by atoms with Crippen LogP contribution in [0, 0.1) is 5.41 Å². The van der Waals surface area contributed by atoms with Crippen molar-refractivity contribution in [2.75, 3.05) is 19.6 Å². The minimum atomic E-state index is -0.915. The van der Waals surface area contributed by atoms with E-state index in [4.69, 9.17) is 11.6 Å². The predicted octanol–water partition coefficient (Wildman–Crippen LogP) is 3.47. The highest BCUT2D eigenvalue weighted by Gasteiger charge is 2.38. The van der Waals surface area contributed by atoms with Gasteiger partial charge in [-0.15, -0.1) is 0 Å². The number of amides is 1. The second-order valence-corrected chi connectivity index (χ2v) is 9.28. The Bertz CT molecular complexity index is 966. The van der Waals surface area contributed by atoms with Gasteiger partial charge >= 0.3 is 6.09 Å². The highest BCUT2D eigenvalue weighted by atomic mass is 35.5. The molecule has 2 aromatic rings. The molecule has 1 aromatic carbocycles. The van der Waals surface area contributed by atoms with Crippen molar-refractivity contribution < 1.29 is 15.0 Å². The van der Waals surface area contributed by atoms with Crippen LogP contribution in [0.2, 0.25) is 5.02 Å². The zero-order chi connectivity index (χ0) is 22.1. The lowest BCUT2D eigenvalue weighted by Gasteiger charge is -2.46. The minimum absolute atomic E-state index is 0.170. The van der Waals surface area contributed by atoms with Crippen molar-refractivity contribution in [2.24, 2.45) is 5.41 Å². The molecule has 0 aliphatic carbocycles. The van der Waals surface area contributed by atoms with Gasteiger partial charge in [0.1, 0.15) is 0 Å². The normalized spacial score (nSPS) is 17.9. The minimum Gasteiger partial charge on any atom is -0.503 e. The quantitative estimate of drug-likeness (QED) is 0.771. The van der Waals surface area contributed by atoms with E-state index in [2.05, 4.69) is 4.90 Å². The number of halogens is 1. The zero-order valence-corrected chi connectivity index (χ0v) is 18.3. The molecular weight excluding hydrogens is 406 g/mol. The molecule has 162 valence electrons. The summed E-state index contributed by atoms with van der Waals surface area (Å²) in [5, 5.41) is 20.6.